The molecule has 0 heterocycles. The van der Waals surface area contributed by atoms with Gasteiger partial charge in [-0.2, -0.15) is 0 Å². The SMILES string of the molecule is CC(CC(O)c1ccc(F)cc1)NC(=O)CC1(CN)CCCCC1.Cl. The van der Waals surface area contributed by atoms with Crippen molar-refractivity contribution in [3.63, 3.8) is 0 Å². The average molecular weight is 373 g/mol. The van der Waals surface area contributed by atoms with Crippen molar-refractivity contribution in [2.24, 2.45) is 11.1 Å². The van der Waals surface area contributed by atoms with Crippen LogP contribution in [0.5, 0.6) is 0 Å². The minimum Gasteiger partial charge on any atom is -0.388 e. The van der Waals surface area contributed by atoms with Gasteiger partial charge in [0.2, 0.25) is 5.91 Å². The molecular weight excluding hydrogens is 343 g/mol. The van der Waals surface area contributed by atoms with Crippen LogP contribution >= 0.6 is 12.4 Å². The Hall–Kier alpha value is -1.17. The van der Waals surface area contributed by atoms with Crippen LogP contribution < -0.4 is 11.1 Å². The number of hydrogen-bond donors (Lipinski definition) is 3. The van der Waals surface area contributed by atoms with Crippen LogP contribution in [0.3, 0.4) is 0 Å². The Labute approximate surface area is 155 Å². The van der Waals surface area contributed by atoms with Crippen molar-refractivity contribution in [1.29, 1.82) is 0 Å². The summed E-state index contributed by atoms with van der Waals surface area (Å²) in [5.74, 6) is -0.326. The van der Waals surface area contributed by atoms with Gasteiger partial charge in [-0.25, -0.2) is 4.39 Å². The summed E-state index contributed by atoms with van der Waals surface area (Å²) in [6.45, 7) is 2.42. The van der Waals surface area contributed by atoms with E-state index in [-0.39, 0.29) is 35.6 Å². The van der Waals surface area contributed by atoms with Crippen LogP contribution in [0.2, 0.25) is 0 Å². The number of carbonyl (C=O) groups excluding carboxylic acids is 1. The van der Waals surface area contributed by atoms with Gasteiger partial charge in [0.15, 0.2) is 0 Å². The van der Waals surface area contributed by atoms with E-state index in [0.29, 0.717) is 24.9 Å². The number of aliphatic hydroxyl groups excluding tert-OH is 1. The van der Waals surface area contributed by atoms with Gasteiger partial charge in [0, 0.05) is 12.5 Å². The predicted octanol–water partition coefficient (Wildman–Crippen LogP) is 3.48. The highest BCUT2D eigenvalue weighted by Crippen LogP contribution is 2.38. The Bertz CT molecular complexity index is 533. The maximum Gasteiger partial charge on any atom is 0.220 e. The van der Waals surface area contributed by atoms with E-state index in [1.54, 1.807) is 12.1 Å². The number of nitrogens with one attached hydrogen (secondary N) is 1. The first kappa shape index (κ1) is 21.9. The van der Waals surface area contributed by atoms with Gasteiger partial charge in [0.1, 0.15) is 5.82 Å². The van der Waals surface area contributed by atoms with E-state index in [1.165, 1.54) is 18.6 Å². The first-order valence-electron chi connectivity index (χ1n) is 8.87. The normalized spacial score (nSPS) is 18.7. The molecule has 0 aliphatic heterocycles. The first-order chi connectivity index (χ1) is 11.4. The van der Waals surface area contributed by atoms with Crippen molar-refractivity contribution < 1.29 is 14.3 Å². The van der Waals surface area contributed by atoms with Gasteiger partial charge in [-0.15, -0.1) is 12.4 Å². The third kappa shape index (κ3) is 6.57. The smallest absolute Gasteiger partial charge is 0.220 e. The molecule has 0 bridgehead atoms. The second-order valence-corrected chi connectivity index (χ2v) is 7.21. The zero-order valence-electron chi connectivity index (χ0n) is 14.8. The lowest BCUT2D eigenvalue weighted by molar-refractivity contribution is -0.124. The van der Waals surface area contributed by atoms with E-state index < -0.39 is 6.10 Å². The van der Waals surface area contributed by atoms with E-state index in [0.717, 1.165) is 25.7 Å². The molecule has 6 heteroatoms. The van der Waals surface area contributed by atoms with Crippen molar-refractivity contribution >= 4 is 18.3 Å². The highest BCUT2D eigenvalue weighted by atomic mass is 35.5. The second kappa shape index (κ2) is 10.1. The summed E-state index contributed by atoms with van der Waals surface area (Å²) in [5.41, 5.74) is 6.53. The summed E-state index contributed by atoms with van der Waals surface area (Å²) in [6.07, 6.45) is 5.68. The third-order valence-corrected chi connectivity index (χ3v) is 5.12. The second-order valence-electron chi connectivity index (χ2n) is 7.21. The van der Waals surface area contributed by atoms with Gasteiger partial charge in [-0.1, -0.05) is 31.4 Å². The van der Waals surface area contributed by atoms with Crippen molar-refractivity contribution in [3.8, 4) is 0 Å². The summed E-state index contributed by atoms with van der Waals surface area (Å²) < 4.78 is 12.9. The van der Waals surface area contributed by atoms with Crippen LogP contribution in [0, 0.1) is 11.2 Å². The van der Waals surface area contributed by atoms with Gasteiger partial charge >= 0.3 is 0 Å². The molecule has 1 aliphatic rings. The fourth-order valence-corrected chi connectivity index (χ4v) is 3.64. The quantitative estimate of drug-likeness (QED) is 0.685. The van der Waals surface area contributed by atoms with Crippen LogP contribution in [-0.2, 0) is 4.79 Å². The lowest BCUT2D eigenvalue weighted by Crippen LogP contribution is -2.41. The Balaban J connectivity index is 0.00000312. The van der Waals surface area contributed by atoms with Gasteiger partial charge in [0.25, 0.3) is 0 Å². The molecule has 2 atom stereocenters. The largest absolute Gasteiger partial charge is 0.388 e. The van der Waals surface area contributed by atoms with Gasteiger partial charge in [-0.05, 0) is 55.8 Å². The van der Waals surface area contributed by atoms with Crippen molar-refractivity contribution in [3.05, 3.63) is 35.6 Å². The topological polar surface area (TPSA) is 75.3 Å². The fraction of sp³-hybridized carbons (Fsp3) is 0.632. The van der Waals surface area contributed by atoms with Crippen molar-refractivity contribution in [1.82, 2.24) is 5.32 Å². The Morgan fingerprint density at radius 3 is 2.44 bits per heavy atom. The van der Waals surface area contributed by atoms with Crippen LogP contribution in [-0.4, -0.2) is 23.6 Å². The van der Waals surface area contributed by atoms with Crippen molar-refractivity contribution in [2.45, 2.75) is 64.0 Å². The predicted molar refractivity (Wildman–Crippen MR) is 100 cm³/mol. The summed E-state index contributed by atoms with van der Waals surface area (Å²) in [4.78, 5) is 12.4. The van der Waals surface area contributed by atoms with Crippen LogP contribution in [0.4, 0.5) is 4.39 Å². The van der Waals surface area contributed by atoms with Gasteiger partial charge in [0.05, 0.1) is 6.10 Å². The van der Waals surface area contributed by atoms with E-state index in [4.69, 9.17) is 5.73 Å². The molecule has 2 unspecified atom stereocenters. The maximum atomic E-state index is 12.9. The molecule has 1 aliphatic carbocycles. The zero-order chi connectivity index (χ0) is 17.6. The first-order valence-corrected chi connectivity index (χ1v) is 8.87. The number of rotatable bonds is 7. The van der Waals surface area contributed by atoms with E-state index in [9.17, 15) is 14.3 Å². The molecule has 1 amide bonds. The molecule has 4 nitrogen and oxygen atoms in total. The molecule has 0 spiro atoms. The lowest BCUT2D eigenvalue weighted by atomic mass is 9.71. The number of carbonyl (C=O) groups is 1. The molecule has 0 aromatic heterocycles. The number of amides is 1. The lowest BCUT2D eigenvalue weighted by Gasteiger charge is -2.36. The molecule has 1 aromatic rings. The third-order valence-electron chi connectivity index (χ3n) is 5.12. The van der Waals surface area contributed by atoms with Crippen LogP contribution in [0.15, 0.2) is 24.3 Å². The van der Waals surface area contributed by atoms with E-state index >= 15 is 0 Å². The van der Waals surface area contributed by atoms with Crippen LogP contribution in [0.1, 0.15) is 63.5 Å². The molecule has 0 saturated heterocycles. The molecule has 4 N–H and O–H groups in total. The molecule has 2 rings (SSSR count). The fourth-order valence-electron chi connectivity index (χ4n) is 3.64. The minimum atomic E-state index is -0.723. The van der Waals surface area contributed by atoms with E-state index in [2.05, 4.69) is 5.32 Å². The molecule has 1 fully saturated rings. The monoisotopic (exact) mass is 372 g/mol. The molecular formula is C19H30ClFN2O2. The van der Waals surface area contributed by atoms with Crippen molar-refractivity contribution in [2.75, 3.05) is 6.54 Å². The number of hydrogen-bond acceptors (Lipinski definition) is 3. The summed E-state index contributed by atoms with van der Waals surface area (Å²) in [7, 11) is 0. The molecule has 142 valence electrons. The van der Waals surface area contributed by atoms with Gasteiger partial charge < -0.3 is 16.2 Å². The zero-order valence-corrected chi connectivity index (χ0v) is 15.7. The van der Waals surface area contributed by atoms with Crippen LogP contribution in [0.25, 0.3) is 0 Å². The number of nitrogens with two attached hydrogens (primary N) is 1. The molecule has 1 saturated carbocycles. The number of halogens is 2. The van der Waals surface area contributed by atoms with E-state index in [1.807, 2.05) is 6.92 Å². The number of benzene rings is 1. The molecule has 1 aromatic carbocycles. The maximum absolute atomic E-state index is 12.9. The summed E-state index contributed by atoms with van der Waals surface area (Å²) in [6, 6.07) is 5.64. The number of aliphatic hydroxyl groups is 1. The minimum absolute atomic E-state index is 0. The molecule has 0 radical (unpaired) electrons. The molecule has 25 heavy (non-hydrogen) atoms. The Morgan fingerprint density at radius 2 is 1.88 bits per heavy atom. The Morgan fingerprint density at radius 1 is 1.28 bits per heavy atom. The highest BCUT2D eigenvalue weighted by Gasteiger charge is 2.33. The summed E-state index contributed by atoms with van der Waals surface area (Å²) >= 11 is 0. The summed E-state index contributed by atoms with van der Waals surface area (Å²) in [5, 5.41) is 13.2. The van der Waals surface area contributed by atoms with Gasteiger partial charge in [-0.3, -0.25) is 4.79 Å². The highest BCUT2D eigenvalue weighted by molar-refractivity contribution is 5.85. The average Bonchev–Trinajstić information content (AvgIpc) is 2.55. The Kier molecular flexibility index (Phi) is 8.83. The standard InChI is InChI=1S/C19H29FN2O2.ClH/c1-14(11-17(23)15-5-7-16(20)8-6-15)22-18(24)12-19(13-21)9-3-2-4-10-19;/h5-8,14,17,23H,2-4,9-13,21H2,1H3,(H,22,24);1H.